The van der Waals surface area contributed by atoms with Gasteiger partial charge in [-0.25, -0.2) is 0 Å². The fraction of sp³-hybridized carbons (Fsp3) is 0.150. The molecule has 0 radical (unpaired) electrons. The van der Waals surface area contributed by atoms with Gasteiger partial charge in [0.05, 0.1) is 0 Å². The number of hydrogen-bond donors (Lipinski definition) is 3. The number of carboxylic acids is 1. The average molecular weight is 322 g/mol. The molecule has 0 bridgehead atoms. The molecular formula is C20H22N2O2. The maximum absolute atomic E-state index is 10.6. The molecule has 24 heavy (non-hydrogen) atoms. The van der Waals surface area contributed by atoms with E-state index < -0.39 is 5.97 Å². The molecule has 4 heteroatoms. The summed E-state index contributed by atoms with van der Waals surface area (Å²) < 4.78 is 0. The van der Waals surface area contributed by atoms with Gasteiger partial charge in [0, 0.05) is 29.9 Å². The fourth-order valence-electron chi connectivity index (χ4n) is 2.39. The lowest BCUT2D eigenvalue weighted by atomic mass is 10.0. The second-order valence-electron chi connectivity index (χ2n) is 5.46. The van der Waals surface area contributed by atoms with Crippen LogP contribution >= 0.6 is 0 Å². The zero-order valence-electron chi connectivity index (χ0n) is 13.5. The van der Waals surface area contributed by atoms with Gasteiger partial charge in [-0.2, -0.15) is 0 Å². The molecule has 4 nitrogen and oxygen atoms in total. The molecule has 0 atom stereocenters. The van der Waals surface area contributed by atoms with Gasteiger partial charge < -0.3 is 16.2 Å². The van der Waals surface area contributed by atoms with Crippen molar-refractivity contribution in [2.24, 2.45) is 0 Å². The van der Waals surface area contributed by atoms with E-state index in [1.807, 2.05) is 54.6 Å². The van der Waals surface area contributed by atoms with Crippen LogP contribution in [0.5, 0.6) is 0 Å². The summed E-state index contributed by atoms with van der Waals surface area (Å²) in [6.45, 7) is 4.33. The minimum atomic E-state index is -0.779. The molecule has 0 aliphatic rings. The molecule has 0 aromatic heterocycles. The summed E-state index contributed by atoms with van der Waals surface area (Å²) in [7, 11) is 0. The molecule has 124 valence electrons. The lowest BCUT2D eigenvalue weighted by Gasteiger charge is -2.12. The Hall–Kier alpha value is -3.01. The number of aryl methyl sites for hydroxylation is 1. The number of anilines is 2. The lowest BCUT2D eigenvalue weighted by Crippen LogP contribution is -2.03. The summed E-state index contributed by atoms with van der Waals surface area (Å²) in [4.78, 5) is 10.6. The molecule has 0 amide bonds. The van der Waals surface area contributed by atoms with Crippen LogP contribution < -0.4 is 11.1 Å². The van der Waals surface area contributed by atoms with Crippen molar-refractivity contribution in [3.63, 3.8) is 0 Å². The second-order valence-corrected chi connectivity index (χ2v) is 5.46. The number of rotatable bonds is 8. The SMILES string of the molecule is C=C/C=C\c1c(N)cccc1CNc1ccc(CCC(=O)O)cc1. The number of aliphatic carboxylic acids is 1. The van der Waals surface area contributed by atoms with E-state index in [0.29, 0.717) is 13.0 Å². The first-order valence-electron chi connectivity index (χ1n) is 7.81. The van der Waals surface area contributed by atoms with E-state index in [2.05, 4.69) is 11.9 Å². The van der Waals surface area contributed by atoms with E-state index in [0.717, 1.165) is 28.1 Å². The molecule has 0 saturated heterocycles. The maximum Gasteiger partial charge on any atom is 0.303 e. The Balaban J connectivity index is 2.03. The normalized spacial score (nSPS) is 10.7. The van der Waals surface area contributed by atoms with E-state index in [-0.39, 0.29) is 6.42 Å². The molecule has 0 aliphatic heterocycles. The van der Waals surface area contributed by atoms with Gasteiger partial charge in [-0.3, -0.25) is 4.79 Å². The van der Waals surface area contributed by atoms with Gasteiger partial charge in [0.2, 0.25) is 0 Å². The highest BCUT2D eigenvalue weighted by Crippen LogP contribution is 2.20. The van der Waals surface area contributed by atoms with Crippen LogP contribution in [0.15, 0.2) is 61.2 Å². The van der Waals surface area contributed by atoms with Crippen molar-refractivity contribution in [2.45, 2.75) is 19.4 Å². The quantitative estimate of drug-likeness (QED) is 0.505. The van der Waals surface area contributed by atoms with Gasteiger partial charge in [0.1, 0.15) is 0 Å². The predicted molar refractivity (Wildman–Crippen MR) is 99.8 cm³/mol. The Morgan fingerprint density at radius 1 is 1.21 bits per heavy atom. The van der Waals surface area contributed by atoms with Crippen LogP contribution in [0.3, 0.4) is 0 Å². The van der Waals surface area contributed by atoms with Crippen molar-refractivity contribution >= 4 is 23.4 Å². The van der Waals surface area contributed by atoms with Crippen LogP contribution in [0.4, 0.5) is 11.4 Å². The third-order valence-electron chi connectivity index (χ3n) is 3.69. The third kappa shape index (κ3) is 5.02. The van der Waals surface area contributed by atoms with E-state index in [9.17, 15) is 4.79 Å². The predicted octanol–water partition coefficient (Wildman–Crippen LogP) is 4.10. The zero-order valence-corrected chi connectivity index (χ0v) is 13.5. The van der Waals surface area contributed by atoms with Crippen molar-refractivity contribution in [1.29, 1.82) is 0 Å². The monoisotopic (exact) mass is 322 g/mol. The third-order valence-corrected chi connectivity index (χ3v) is 3.69. The van der Waals surface area contributed by atoms with Crippen LogP contribution in [0.25, 0.3) is 6.08 Å². The largest absolute Gasteiger partial charge is 0.481 e. The Kier molecular flexibility index (Phi) is 6.20. The summed E-state index contributed by atoms with van der Waals surface area (Å²) in [5, 5.41) is 12.1. The van der Waals surface area contributed by atoms with Gasteiger partial charge in [-0.1, -0.05) is 49.1 Å². The van der Waals surface area contributed by atoms with Crippen LogP contribution in [0, 0.1) is 0 Å². The average Bonchev–Trinajstić information content (AvgIpc) is 2.58. The molecule has 2 aromatic carbocycles. The molecule has 0 unspecified atom stereocenters. The number of benzene rings is 2. The van der Waals surface area contributed by atoms with E-state index >= 15 is 0 Å². The fourth-order valence-corrected chi connectivity index (χ4v) is 2.39. The topological polar surface area (TPSA) is 75.3 Å². The van der Waals surface area contributed by atoms with Crippen molar-refractivity contribution in [2.75, 3.05) is 11.1 Å². The molecule has 2 aromatic rings. The lowest BCUT2D eigenvalue weighted by molar-refractivity contribution is -0.136. The standard InChI is InChI=1S/C20H22N2O2/c1-2-3-6-18-16(5-4-7-19(18)21)14-22-17-11-8-15(9-12-17)10-13-20(23)24/h2-9,11-12,22H,1,10,13-14,21H2,(H,23,24)/b6-3-. The van der Waals surface area contributed by atoms with Gasteiger partial charge in [-0.05, 0) is 35.7 Å². The van der Waals surface area contributed by atoms with Crippen molar-refractivity contribution in [3.05, 3.63) is 77.9 Å². The van der Waals surface area contributed by atoms with Crippen LogP contribution in [0.2, 0.25) is 0 Å². The molecule has 0 aliphatic carbocycles. The van der Waals surface area contributed by atoms with Crippen LogP contribution in [-0.2, 0) is 17.8 Å². The first kappa shape index (κ1) is 17.3. The smallest absolute Gasteiger partial charge is 0.303 e. The minimum absolute atomic E-state index is 0.148. The van der Waals surface area contributed by atoms with Gasteiger partial charge in [0.15, 0.2) is 0 Å². The zero-order chi connectivity index (χ0) is 17.4. The Morgan fingerprint density at radius 2 is 1.96 bits per heavy atom. The summed E-state index contributed by atoms with van der Waals surface area (Å²) in [5.41, 5.74) is 10.9. The molecular weight excluding hydrogens is 300 g/mol. The highest BCUT2D eigenvalue weighted by atomic mass is 16.4. The number of carboxylic acid groups (broad SMARTS) is 1. The number of nitrogens with two attached hydrogens (primary N) is 1. The molecule has 2 rings (SSSR count). The summed E-state index contributed by atoms with van der Waals surface area (Å²) in [6, 6.07) is 13.7. The molecule has 4 N–H and O–H groups in total. The summed E-state index contributed by atoms with van der Waals surface area (Å²) in [6.07, 6.45) is 6.23. The molecule has 0 spiro atoms. The van der Waals surface area contributed by atoms with Crippen LogP contribution in [0.1, 0.15) is 23.1 Å². The highest BCUT2D eigenvalue weighted by molar-refractivity contribution is 5.69. The summed E-state index contributed by atoms with van der Waals surface area (Å²) in [5.74, 6) is -0.779. The van der Waals surface area contributed by atoms with E-state index in [1.54, 1.807) is 6.08 Å². The van der Waals surface area contributed by atoms with Crippen molar-refractivity contribution in [3.8, 4) is 0 Å². The molecule has 0 fully saturated rings. The minimum Gasteiger partial charge on any atom is -0.481 e. The first-order chi connectivity index (χ1) is 11.6. The second kappa shape index (κ2) is 8.58. The number of allylic oxidation sites excluding steroid dienone is 2. The Labute approximate surface area is 142 Å². The van der Waals surface area contributed by atoms with Crippen molar-refractivity contribution < 1.29 is 9.90 Å². The Bertz CT molecular complexity index is 734. The first-order valence-corrected chi connectivity index (χ1v) is 7.81. The number of nitrogen functional groups attached to an aromatic ring is 1. The van der Waals surface area contributed by atoms with E-state index in [4.69, 9.17) is 10.8 Å². The number of nitrogens with one attached hydrogen (secondary N) is 1. The number of carbonyl (C=O) groups is 1. The number of hydrogen-bond acceptors (Lipinski definition) is 3. The maximum atomic E-state index is 10.6. The summed E-state index contributed by atoms with van der Waals surface area (Å²) >= 11 is 0. The van der Waals surface area contributed by atoms with E-state index in [1.165, 1.54) is 0 Å². The van der Waals surface area contributed by atoms with Gasteiger partial charge in [-0.15, -0.1) is 0 Å². The van der Waals surface area contributed by atoms with Gasteiger partial charge >= 0.3 is 5.97 Å². The highest BCUT2D eigenvalue weighted by Gasteiger charge is 2.04. The molecule has 0 saturated carbocycles. The van der Waals surface area contributed by atoms with Crippen molar-refractivity contribution in [1.82, 2.24) is 0 Å². The Morgan fingerprint density at radius 3 is 2.62 bits per heavy atom. The molecule has 0 heterocycles. The van der Waals surface area contributed by atoms with Gasteiger partial charge in [0.25, 0.3) is 0 Å². The van der Waals surface area contributed by atoms with Crippen LogP contribution in [-0.4, -0.2) is 11.1 Å².